The van der Waals surface area contributed by atoms with E-state index in [1.165, 1.54) is 44.2 Å². The summed E-state index contributed by atoms with van der Waals surface area (Å²) in [6.07, 6.45) is 8.47. The van der Waals surface area contributed by atoms with E-state index in [2.05, 4.69) is 5.16 Å². The van der Waals surface area contributed by atoms with Gasteiger partial charge in [-0.05, 0) is 48.6 Å². The molecule has 0 atom stereocenters. The third kappa shape index (κ3) is 5.57. The van der Waals surface area contributed by atoms with Crippen molar-refractivity contribution in [3.63, 3.8) is 0 Å². The van der Waals surface area contributed by atoms with Crippen molar-refractivity contribution in [3.8, 4) is 0 Å². The minimum absolute atomic E-state index is 0.0939. The van der Waals surface area contributed by atoms with Gasteiger partial charge in [0.1, 0.15) is 0 Å². The summed E-state index contributed by atoms with van der Waals surface area (Å²) in [6, 6.07) is 14.5. The molecule has 3 rings (SSSR count). The van der Waals surface area contributed by atoms with Crippen molar-refractivity contribution in [1.82, 2.24) is 0 Å². The maximum atomic E-state index is 10.7. The maximum Gasteiger partial charge on any atom is 0.269 e. The van der Waals surface area contributed by atoms with Crippen LogP contribution in [0.4, 0.5) is 5.69 Å². The molecule has 5 nitrogen and oxygen atoms in total. The molecule has 0 heterocycles. The minimum Gasteiger partial charge on any atom is -0.411 e. The minimum atomic E-state index is -0.397. The van der Waals surface area contributed by atoms with E-state index in [0.29, 0.717) is 0 Å². The van der Waals surface area contributed by atoms with Crippen LogP contribution in [-0.4, -0.2) is 15.8 Å². The van der Waals surface area contributed by atoms with E-state index in [4.69, 9.17) is 0 Å². The number of nitro groups is 1. The highest BCUT2D eigenvalue weighted by Crippen LogP contribution is 2.30. The van der Waals surface area contributed by atoms with Gasteiger partial charge in [-0.15, -0.1) is 0 Å². The normalized spacial score (nSPS) is 15.6. The molecular formula is C21H24N2O3S. The first kappa shape index (κ1) is 19.4. The Hall–Kier alpha value is -2.34. The molecule has 0 unspecified atom stereocenters. The topological polar surface area (TPSA) is 75.7 Å². The molecule has 0 saturated heterocycles. The average Bonchev–Trinajstić information content (AvgIpc) is 2.71. The van der Waals surface area contributed by atoms with Crippen LogP contribution in [0.15, 0.2) is 63.5 Å². The number of hydrogen-bond donors (Lipinski definition) is 1. The molecule has 1 aliphatic carbocycles. The summed E-state index contributed by atoms with van der Waals surface area (Å²) < 4.78 is 0. The van der Waals surface area contributed by atoms with Crippen LogP contribution in [0.5, 0.6) is 0 Å². The van der Waals surface area contributed by atoms with Gasteiger partial charge in [0.05, 0.1) is 10.6 Å². The lowest BCUT2D eigenvalue weighted by Gasteiger charge is -2.21. The Kier molecular flexibility index (Phi) is 6.87. The van der Waals surface area contributed by atoms with Crippen LogP contribution >= 0.6 is 11.8 Å². The van der Waals surface area contributed by atoms with Crippen molar-refractivity contribution >= 4 is 23.2 Å². The molecule has 1 aliphatic rings. The molecular weight excluding hydrogens is 360 g/mol. The van der Waals surface area contributed by atoms with Crippen LogP contribution in [0.2, 0.25) is 0 Å². The van der Waals surface area contributed by atoms with Crippen molar-refractivity contribution in [2.45, 2.75) is 54.7 Å². The van der Waals surface area contributed by atoms with Crippen LogP contribution in [0, 0.1) is 16.0 Å². The van der Waals surface area contributed by atoms with Gasteiger partial charge in [-0.25, -0.2) is 0 Å². The van der Waals surface area contributed by atoms with E-state index in [9.17, 15) is 15.3 Å². The van der Waals surface area contributed by atoms with Crippen LogP contribution in [0.25, 0.3) is 0 Å². The molecule has 0 radical (unpaired) electrons. The number of nitrogens with zero attached hydrogens (tertiary/aromatic N) is 2. The first-order valence-corrected chi connectivity index (χ1v) is 10.2. The fourth-order valence-corrected chi connectivity index (χ4v) is 4.37. The van der Waals surface area contributed by atoms with Gasteiger partial charge in [0.15, 0.2) is 0 Å². The van der Waals surface area contributed by atoms with E-state index in [0.717, 1.165) is 39.8 Å². The Morgan fingerprint density at radius 3 is 2.19 bits per heavy atom. The SMILES string of the molecule is O=[N+]([O-])c1ccc(Sc2ccc(C(CCC3CCCCC3)=NO)cc2)cc1. The van der Waals surface area contributed by atoms with Crippen molar-refractivity contribution in [1.29, 1.82) is 0 Å². The van der Waals surface area contributed by atoms with Gasteiger partial charge in [-0.1, -0.05) is 61.2 Å². The van der Waals surface area contributed by atoms with Crippen LogP contribution in [-0.2, 0) is 0 Å². The van der Waals surface area contributed by atoms with Crippen molar-refractivity contribution < 1.29 is 10.1 Å². The smallest absolute Gasteiger partial charge is 0.269 e. The van der Waals surface area contributed by atoms with Gasteiger partial charge in [-0.2, -0.15) is 0 Å². The predicted octanol–water partition coefficient (Wildman–Crippen LogP) is 6.28. The van der Waals surface area contributed by atoms with Gasteiger partial charge >= 0.3 is 0 Å². The lowest BCUT2D eigenvalue weighted by molar-refractivity contribution is -0.384. The Labute approximate surface area is 163 Å². The van der Waals surface area contributed by atoms with Gasteiger partial charge in [-0.3, -0.25) is 10.1 Å². The Morgan fingerprint density at radius 2 is 1.63 bits per heavy atom. The first-order chi connectivity index (χ1) is 13.2. The fraction of sp³-hybridized carbons (Fsp3) is 0.381. The molecule has 0 spiro atoms. The van der Waals surface area contributed by atoms with Gasteiger partial charge < -0.3 is 5.21 Å². The molecule has 0 amide bonds. The summed E-state index contributed by atoms with van der Waals surface area (Å²) in [6.45, 7) is 0. The van der Waals surface area contributed by atoms with E-state index in [1.54, 1.807) is 23.9 Å². The first-order valence-electron chi connectivity index (χ1n) is 9.39. The third-order valence-electron chi connectivity index (χ3n) is 5.11. The van der Waals surface area contributed by atoms with E-state index in [1.807, 2.05) is 24.3 Å². The van der Waals surface area contributed by atoms with Crippen molar-refractivity contribution in [2.75, 3.05) is 0 Å². The summed E-state index contributed by atoms with van der Waals surface area (Å²) >= 11 is 1.55. The molecule has 2 aromatic rings. The maximum absolute atomic E-state index is 10.7. The second kappa shape index (κ2) is 9.55. The van der Waals surface area contributed by atoms with E-state index < -0.39 is 4.92 Å². The molecule has 27 heavy (non-hydrogen) atoms. The van der Waals surface area contributed by atoms with E-state index >= 15 is 0 Å². The summed E-state index contributed by atoms with van der Waals surface area (Å²) in [5, 5.41) is 23.7. The molecule has 0 aliphatic heterocycles. The summed E-state index contributed by atoms with van der Waals surface area (Å²) in [5.74, 6) is 0.757. The second-order valence-electron chi connectivity index (χ2n) is 6.97. The van der Waals surface area contributed by atoms with Gasteiger partial charge in [0, 0.05) is 21.9 Å². The summed E-state index contributed by atoms with van der Waals surface area (Å²) in [4.78, 5) is 12.3. The second-order valence-corrected chi connectivity index (χ2v) is 8.11. The van der Waals surface area contributed by atoms with Crippen LogP contribution in [0.1, 0.15) is 50.5 Å². The Morgan fingerprint density at radius 1 is 1.04 bits per heavy atom. The largest absolute Gasteiger partial charge is 0.411 e. The fourth-order valence-electron chi connectivity index (χ4n) is 3.56. The summed E-state index contributed by atoms with van der Waals surface area (Å²) in [7, 11) is 0. The van der Waals surface area contributed by atoms with E-state index in [-0.39, 0.29) is 5.69 Å². The third-order valence-corrected chi connectivity index (χ3v) is 6.12. The average molecular weight is 385 g/mol. The zero-order valence-electron chi connectivity index (χ0n) is 15.2. The molecule has 1 N–H and O–H groups in total. The number of benzene rings is 2. The predicted molar refractivity (Wildman–Crippen MR) is 108 cm³/mol. The Bertz CT molecular complexity index is 782. The van der Waals surface area contributed by atoms with Crippen LogP contribution < -0.4 is 0 Å². The summed E-state index contributed by atoms with van der Waals surface area (Å²) in [5.41, 5.74) is 1.78. The quantitative estimate of drug-likeness (QED) is 0.264. The monoisotopic (exact) mass is 384 g/mol. The molecule has 1 saturated carbocycles. The highest BCUT2D eigenvalue weighted by Gasteiger charge is 2.15. The van der Waals surface area contributed by atoms with Gasteiger partial charge in [0.2, 0.25) is 0 Å². The van der Waals surface area contributed by atoms with Gasteiger partial charge in [0.25, 0.3) is 5.69 Å². The molecule has 0 aromatic heterocycles. The highest BCUT2D eigenvalue weighted by molar-refractivity contribution is 7.99. The zero-order valence-corrected chi connectivity index (χ0v) is 16.0. The Balaban J connectivity index is 1.58. The number of rotatable bonds is 7. The number of nitro benzene ring substituents is 1. The lowest BCUT2D eigenvalue weighted by Crippen LogP contribution is -2.10. The zero-order chi connectivity index (χ0) is 19.1. The molecule has 2 aromatic carbocycles. The van der Waals surface area contributed by atoms with Crippen LogP contribution in [0.3, 0.4) is 0 Å². The molecule has 6 heteroatoms. The number of non-ortho nitro benzene ring substituents is 1. The molecule has 0 bridgehead atoms. The molecule has 142 valence electrons. The molecule has 1 fully saturated rings. The highest BCUT2D eigenvalue weighted by atomic mass is 32.2. The lowest BCUT2D eigenvalue weighted by atomic mass is 9.85. The number of oxime groups is 1. The number of hydrogen-bond acceptors (Lipinski definition) is 5. The standard InChI is InChI=1S/C21H24N2O3S/c24-22-21(15-6-16-4-2-1-3-5-16)17-7-11-19(12-8-17)27-20-13-9-18(10-14-20)23(25)26/h7-14,16,24H,1-6,15H2. The van der Waals surface area contributed by atoms with Crippen molar-refractivity contribution in [2.24, 2.45) is 11.1 Å². The van der Waals surface area contributed by atoms with Crippen molar-refractivity contribution in [3.05, 3.63) is 64.2 Å².